The molecule has 1 N–H and O–H groups in total. The zero-order chi connectivity index (χ0) is 9.42. The van der Waals surface area contributed by atoms with Crippen LogP contribution >= 0.6 is 23.2 Å². The molecule has 0 fully saturated rings. The predicted octanol–water partition coefficient (Wildman–Crippen LogP) is 1.99. The normalized spacial score (nSPS) is 10.6. The minimum absolute atomic E-state index is 0.262. The number of nitrogens with one attached hydrogen (secondary N) is 1. The van der Waals surface area contributed by atoms with Crippen molar-refractivity contribution in [2.45, 2.75) is 0 Å². The average molecular weight is 216 g/mol. The Kier molecular flexibility index (Phi) is 1.94. The van der Waals surface area contributed by atoms with Crippen LogP contribution in [-0.4, -0.2) is 20.7 Å². The summed E-state index contributed by atoms with van der Waals surface area (Å²) in [5.41, 5.74) is 1.22. The lowest BCUT2D eigenvalue weighted by Gasteiger charge is -1.94. The van der Waals surface area contributed by atoms with Crippen LogP contribution < -0.4 is 0 Å². The van der Waals surface area contributed by atoms with Gasteiger partial charge >= 0.3 is 0 Å². The molecule has 0 aliphatic heterocycles. The van der Waals surface area contributed by atoms with E-state index >= 15 is 0 Å². The molecule has 13 heavy (non-hydrogen) atoms. The van der Waals surface area contributed by atoms with Gasteiger partial charge < -0.3 is 0 Å². The van der Waals surface area contributed by atoms with Crippen LogP contribution in [0.2, 0.25) is 5.02 Å². The van der Waals surface area contributed by atoms with Crippen molar-refractivity contribution in [1.29, 1.82) is 0 Å². The monoisotopic (exact) mass is 215 g/mol. The van der Waals surface area contributed by atoms with Crippen molar-refractivity contribution in [2.24, 2.45) is 0 Å². The molecular weight excluding hydrogens is 213 g/mol. The fourth-order valence-electron chi connectivity index (χ4n) is 1.07. The third kappa shape index (κ3) is 1.38. The van der Waals surface area contributed by atoms with Gasteiger partial charge in [0.2, 0.25) is 0 Å². The van der Waals surface area contributed by atoms with Crippen LogP contribution in [0.15, 0.2) is 12.1 Å². The van der Waals surface area contributed by atoms with Gasteiger partial charge in [0.25, 0.3) is 5.24 Å². The van der Waals surface area contributed by atoms with Crippen molar-refractivity contribution in [3.8, 4) is 0 Å². The number of nitrogens with zero attached hydrogens (tertiary/aromatic N) is 2. The Labute approximate surface area is 82.8 Å². The molecular formula is C7H3Cl2N3O. The van der Waals surface area contributed by atoms with Gasteiger partial charge in [0.1, 0.15) is 11.0 Å². The van der Waals surface area contributed by atoms with E-state index in [0.29, 0.717) is 16.1 Å². The summed E-state index contributed by atoms with van der Waals surface area (Å²) in [6, 6.07) is 3.06. The summed E-state index contributed by atoms with van der Waals surface area (Å²) in [6.07, 6.45) is 0. The van der Waals surface area contributed by atoms with E-state index < -0.39 is 5.24 Å². The Morgan fingerprint density at radius 1 is 1.38 bits per heavy atom. The number of halogens is 2. The van der Waals surface area contributed by atoms with Crippen LogP contribution in [0.4, 0.5) is 0 Å². The van der Waals surface area contributed by atoms with Crippen molar-refractivity contribution in [2.75, 3.05) is 0 Å². The van der Waals surface area contributed by atoms with Gasteiger partial charge in [-0.15, -0.1) is 0 Å². The molecule has 66 valence electrons. The fraction of sp³-hybridized carbons (Fsp3) is 0. The first-order valence-corrected chi connectivity index (χ1v) is 4.14. The van der Waals surface area contributed by atoms with Crippen LogP contribution in [-0.2, 0) is 0 Å². The van der Waals surface area contributed by atoms with Crippen LogP contribution in [0.1, 0.15) is 10.4 Å². The second-order valence-electron chi connectivity index (χ2n) is 2.42. The van der Waals surface area contributed by atoms with Crippen molar-refractivity contribution in [1.82, 2.24) is 15.4 Å². The summed E-state index contributed by atoms with van der Waals surface area (Å²) >= 11 is 11.1. The minimum Gasteiger partial charge on any atom is -0.276 e. The molecule has 6 heteroatoms. The largest absolute Gasteiger partial charge is 0.276 e. The standard InChI is InChI=1S/C7H3Cl2N3O/c8-3-1-4(7(9)13)6-5(2-3)10-12-11-6/h1-2H,(H,10,11,12). The Bertz CT molecular complexity index is 480. The number of fused-ring (bicyclic) bond motifs is 1. The van der Waals surface area contributed by atoms with Gasteiger partial charge in [-0.3, -0.25) is 4.79 Å². The van der Waals surface area contributed by atoms with Crippen molar-refractivity contribution in [3.05, 3.63) is 22.7 Å². The molecule has 1 aromatic heterocycles. The zero-order valence-electron chi connectivity index (χ0n) is 6.21. The van der Waals surface area contributed by atoms with Gasteiger partial charge in [0, 0.05) is 5.02 Å². The van der Waals surface area contributed by atoms with E-state index in [1.54, 1.807) is 6.07 Å². The average Bonchev–Trinajstić information content (AvgIpc) is 2.49. The van der Waals surface area contributed by atoms with E-state index in [-0.39, 0.29) is 5.56 Å². The summed E-state index contributed by atoms with van der Waals surface area (Å²) in [5.74, 6) is 0. The maximum Gasteiger partial charge on any atom is 0.254 e. The lowest BCUT2D eigenvalue weighted by atomic mass is 10.2. The number of hydrogen-bond donors (Lipinski definition) is 1. The predicted molar refractivity (Wildman–Crippen MR) is 49.1 cm³/mol. The van der Waals surface area contributed by atoms with E-state index in [1.165, 1.54) is 6.07 Å². The molecule has 0 bridgehead atoms. The third-order valence-electron chi connectivity index (χ3n) is 1.60. The Hall–Kier alpha value is -1.13. The molecule has 0 amide bonds. The minimum atomic E-state index is -0.596. The maximum absolute atomic E-state index is 10.9. The first-order chi connectivity index (χ1) is 6.18. The van der Waals surface area contributed by atoms with E-state index in [1.807, 2.05) is 0 Å². The third-order valence-corrected chi connectivity index (χ3v) is 2.02. The topological polar surface area (TPSA) is 58.6 Å². The highest BCUT2D eigenvalue weighted by atomic mass is 35.5. The van der Waals surface area contributed by atoms with Crippen molar-refractivity contribution >= 4 is 39.5 Å². The maximum atomic E-state index is 10.9. The lowest BCUT2D eigenvalue weighted by Crippen LogP contribution is -1.90. The number of benzene rings is 1. The smallest absolute Gasteiger partial charge is 0.254 e. The van der Waals surface area contributed by atoms with Crippen molar-refractivity contribution < 1.29 is 4.79 Å². The van der Waals surface area contributed by atoms with Crippen LogP contribution in [0, 0.1) is 0 Å². The van der Waals surface area contributed by atoms with Crippen LogP contribution in [0.3, 0.4) is 0 Å². The van der Waals surface area contributed by atoms with Gasteiger partial charge in [-0.1, -0.05) is 11.6 Å². The van der Waals surface area contributed by atoms with Crippen LogP contribution in [0.25, 0.3) is 11.0 Å². The summed E-state index contributed by atoms with van der Waals surface area (Å²) in [5, 5.41) is 9.77. The highest BCUT2D eigenvalue weighted by Crippen LogP contribution is 2.21. The highest BCUT2D eigenvalue weighted by molar-refractivity contribution is 6.68. The van der Waals surface area contributed by atoms with Gasteiger partial charge in [-0.05, 0) is 23.7 Å². The number of H-pyrrole nitrogens is 1. The number of hydrogen-bond acceptors (Lipinski definition) is 3. The number of aromatic amines is 1. The Balaban J connectivity index is 2.84. The molecule has 0 aliphatic carbocycles. The first kappa shape index (κ1) is 8.47. The van der Waals surface area contributed by atoms with Crippen molar-refractivity contribution in [3.63, 3.8) is 0 Å². The van der Waals surface area contributed by atoms with E-state index in [0.717, 1.165) is 0 Å². The number of carbonyl (C=O) groups excluding carboxylic acids is 1. The van der Waals surface area contributed by atoms with Gasteiger partial charge in [0.05, 0.1) is 5.56 Å². The Morgan fingerprint density at radius 3 is 2.85 bits per heavy atom. The lowest BCUT2D eigenvalue weighted by molar-refractivity contribution is 0.108. The molecule has 2 rings (SSSR count). The number of carbonyl (C=O) groups is 1. The fourth-order valence-corrected chi connectivity index (χ4v) is 1.42. The molecule has 0 radical (unpaired) electrons. The summed E-state index contributed by atoms with van der Waals surface area (Å²) in [4.78, 5) is 10.9. The van der Waals surface area contributed by atoms with Crippen LogP contribution in [0.5, 0.6) is 0 Å². The number of rotatable bonds is 1. The molecule has 2 aromatic rings. The molecule has 0 saturated heterocycles. The molecule has 0 atom stereocenters. The van der Waals surface area contributed by atoms with Gasteiger partial charge in [-0.2, -0.15) is 15.4 Å². The second-order valence-corrected chi connectivity index (χ2v) is 3.20. The van der Waals surface area contributed by atoms with Gasteiger partial charge in [0.15, 0.2) is 0 Å². The van der Waals surface area contributed by atoms with Gasteiger partial charge in [-0.25, -0.2) is 0 Å². The molecule has 0 saturated carbocycles. The van der Waals surface area contributed by atoms with E-state index in [9.17, 15) is 4.79 Å². The second kappa shape index (κ2) is 2.97. The molecule has 4 nitrogen and oxygen atoms in total. The molecule has 1 heterocycles. The molecule has 0 aliphatic rings. The molecule has 1 aromatic carbocycles. The summed E-state index contributed by atoms with van der Waals surface area (Å²) in [7, 11) is 0. The van der Waals surface area contributed by atoms with E-state index in [4.69, 9.17) is 23.2 Å². The van der Waals surface area contributed by atoms with E-state index in [2.05, 4.69) is 15.4 Å². The SMILES string of the molecule is O=C(Cl)c1cc(Cl)cc2n[nH]nc12. The first-order valence-electron chi connectivity index (χ1n) is 3.38. The summed E-state index contributed by atoms with van der Waals surface area (Å²) < 4.78 is 0. The molecule has 0 unspecified atom stereocenters. The zero-order valence-corrected chi connectivity index (χ0v) is 7.73. The quantitative estimate of drug-likeness (QED) is 0.741. The highest BCUT2D eigenvalue weighted by Gasteiger charge is 2.11. The number of aromatic nitrogens is 3. The summed E-state index contributed by atoms with van der Waals surface area (Å²) in [6.45, 7) is 0. The molecule has 0 spiro atoms. The Morgan fingerprint density at radius 2 is 2.15 bits per heavy atom.